The number of carbonyl (C=O) groups is 1. The van der Waals surface area contributed by atoms with Gasteiger partial charge in [0.25, 0.3) is 5.91 Å². The Balaban J connectivity index is 2.73. The fourth-order valence-corrected chi connectivity index (χ4v) is 1.21. The summed E-state index contributed by atoms with van der Waals surface area (Å²) in [5.41, 5.74) is -0.549. The number of benzene rings is 1. The average Bonchev–Trinajstić information content (AvgIpc) is 2.18. The van der Waals surface area contributed by atoms with Crippen LogP contribution in [0.4, 0.5) is 8.78 Å². The largest absolute Gasteiger partial charge is 0.352 e. The third kappa shape index (κ3) is 3.16. The summed E-state index contributed by atoms with van der Waals surface area (Å²) in [6.07, 6.45) is 0.559. The van der Waals surface area contributed by atoms with Crippen LogP contribution in [0.5, 0.6) is 0 Å². The number of carbonyl (C=O) groups excluding carboxylic acids is 1. The molecule has 82 valence electrons. The van der Waals surface area contributed by atoms with E-state index >= 15 is 0 Å². The second kappa shape index (κ2) is 5.66. The van der Waals surface area contributed by atoms with Crippen LogP contribution < -0.4 is 5.32 Å². The highest BCUT2D eigenvalue weighted by Crippen LogP contribution is 2.11. The summed E-state index contributed by atoms with van der Waals surface area (Å²) in [5.74, 6) is -2.09. The fourth-order valence-electron chi connectivity index (χ4n) is 1.07. The molecule has 0 aromatic heterocycles. The molecule has 1 amide bonds. The van der Waals surface area contributed by atoms with Gasteiger partial charge in [-0.05, 0) is 18.6 Å². The van der Waals surface area contributed by atoms with E-state index in [0.717, 1.165) is 12.1 Å². The third-order valence-corrected chi connectivity index (χ3v) is 2.05. The second-order valence-electron chi connectivity index (χ2n) is 2.90. The number of rotatable bonds is 4. The lowest BCUT2D eigenvalue weighted by Crippen LogP contribution is -2.26. The van der Waals surface area contributed by atoms with Gasteiger partial charge in [-0.1, -0.05) is 6.07 Å². The van der Waals surface area contributed by atoms with E-state index < -0.39 is 23.1 Å². The molecule has 2 nitrogen and oxygen atoms in total. The lowest BCUT2D eigenvalue weighted by molar-refractivity contribution is 0.0945. The number of hydrogen-bond donors (Lipinski definition) is 1. The first-order valence-corrected chi connectivity index (χ1v) is 4.98. The predicted octanol–water partition coefficient (Wildman–Crippen LogP) is 2.32. The first-order chi connectivity index (χ1) is 7.16. The van der Waals surface area contributed by atoms with E-state index in [0.29, 0.717) is 18.8 Å². The molecule has 0 aliphatic rings. The van der Waals surface area contributed by atoms with Crippen LogP contribution in [0.15, 0.2) is 18.2 Å². The van der Waals surface area contributed by atoms with Crippen LogP contribution in [0, 0.1) is 11.6 Å². The van der Waals surface area contributed by atoms with Crippen molar-refractivity contribution >= 4 is 17.5 Å². The van der Waals surface area contributed by atoms with E-state index in [1.807, 2.05) is 0 Å². The van der Waals surface area contributed by atoms with Gasteiger partial charge in [0.1, 0.15) is 17.2 Å². The number of halogens is 3. The highest BCUT2D eigenvalue weighted by atomic mass is 35.5. The van der Waals surface area contributed by atoms with Crippen LogP contribution in [0.3, 0.4) is 0 Å². The zero-order chi connectivity index (χ0) is 11.3. The molecule has 0 fully saturated rings. The van der Waals surface area contributed by atoms with Crippen LogP contribution in [0.25, 0.3) is 0 Å². The summed E-state index contributed by atoms with van der Waals surface area (Å²) in [5, 5.41) is 2.38. The molecule has 0 spiro atoms. The van der Waals surface area contributed by atoms with Crippen LogP contribution in [-0.4, -0.2) is 18.3 Å². The molecule has 0 saturated carbocycles. The van der Waals surface area contributed by atoms with Gasteiger partial charge < -0.3 is 5.32 Å². The van der Waals surface area contributed by atoms with Crippen molar-refractivity contribution in [1.29, 1.82) is 0 Å². The zero-order valence-electron chi connectivity index (χ0n) is 7.90. The Kier molecular flexibility index (Phi) is 4.49. The number of hydrogen-bond acceptors (Lipinski definition) is 1. The van der Waals surface area contributed by atoms with Gasteiger partial charge in [0, 0.05) is 12.4 Å². The van der Waals surface area contributed by atoms with Crippen molar-refractivity contribution in [3.63, 3.8) is 0 Å². The van der Waals surface area contributed by atoms with E-state index in [2.05, 4.69) is 5.32 Å². The van der Waals surface area contributed by atoms with Crippen molar-refractivity contribution in [3.05, 3.63) is 35.4 Å². The van der Waals surface area contributed by atoms with Gasteiger partial charge in [0.2, 0.25) is 0 Å². The van der Waals surface area contributed by atoms with Gasteiger partial charge in [-0.25, -0.2) is 8.78 Å². The monoisotopic (exact) mass is 233 g/mol. The molecule has 5 heteroatoms. The maximum absolute atomic E-state index is 13.1. The second-order valence-corrected chi connectivity index (χ2v) is 3.27. The fraction of sp³-hybridized carbons (Fsp3) is 0.300. The molecule has 0 radical (unpaired) electrons. The minimum Gasteiger partial charge on any atom is -0.352 e. The lowest BCUT2D eigenvalue weighted by Gasteiger charge is -2.05. The normalized spacial score (nSPS) is 10.1. The van der Waals surface area contributed by atoms with E-state index in [1.54, 1.807) is 0 Å². The minimum absolute atomic E-state index is 0.302. The summed E-state index contributed by atoms with van der Waals surface area (Å²) in [7, 11) is 0. The summed E-state index contributed by atoms with van der Waals surface area (Å²) >= 11 is 5.39. The first-order valence-electron chi connectivity index (χ1n) is 4.45. The highest BCUT2D eigenvalue weighted by Gasteiger charge is 2.15. The molecule has 1 aromatic carbocycles. The summed E-state index contributed by atoms with van der Waals surface area (Å²) < 4.78 is 26.2. The van der Waals surface area contributed by atoms with Crippen LogP contribution >= 0.6 is 11.6 Å². The van der Waals surface area contributed by atoms with Crippen LogP contribution in [0.1, 0.15) is 16.8 Å². The van der Waals surface area contributed by atoms with Gasteiger partial charge in [-0.15, -0.1) is 11.6 Å². The third-order valence-electron chi connectivity index (χ3n) is 1.79. The smallest absolute Gasteiger partial charge is 0.257 e. The summed E-state index contributed by atoms with van der Waals surface area (Å²) in [6, 6.07) is 3.29. The molecule has 0 unspecified atom stereocenters. The molecule has 0 atom stereocenters. The van der Waals surface area contributed by atoms with Crippen LogP contribution in [-0.2, 0) is 0 Å². The van der Waals surface area contributed by atoms with Crippen molar-refractivity contribution in [2.45, 2.75) is 6.42 Å². The van der Waals surface area contributed by atoms with Gasteiger partial charge in [-0.3, -0.25) is 4.79 Å². The topological polar surface area (TPSA) is 29.1 Å². The van der Waals surface area contributed by atoms with Gasteiger partial charge in [0.15, 0.2) is 0 Å². The van der Waals surface area contributed by atoms with E-state index in [1.165, 1.54) is 6.07 Å². The van der Waals surface area contributed by atoms with Gasteiger partial charge in [-0.2, -0.15) is 0 Å². The molecule has 0 heterocycles. The predicted molar refractivity (Wildman–Crippen MR) is 54.0 cm³/mol. The molecule has 1 rings (SSSR count). The molecule has 15 heavy (non-hydrogen) atoms. The molecule has 1 N–H and O–H groups in total. The Bertz CT molecular complexity index is 337. The molecule has 0 aliphatic carbocycles. The quantitative estimate of drug-likeness (QED) is 0.628. The van der Waals surface area contributed by atoms with Crippen molar-refractivity contribution in [3.8, 4) is 0 Å². The SMILES string of the molecule is O=C(NCCCCl)c1c(F)cccc1F. The van der Waals surface area contributed by atoms with Crippen molar-refractivity contribution in [2.24, 2.45) is 0 Å². The Hall–Kier alpha value is -1.16. The Morgan fingerprint density at radius 2 is 1.93 bits per heavy atom. The average molecular weight is 234 g/mol. The number of alkyl halides is 1. The van der Waals surface area contributed by atoms with Crippen LogP contribution in [0.2, 0.25) is 0 Å². The number of amides is 1. The molecule has 1 aromatic rings. The van der Waals surface area contributed by atoms with Gasteiger partial charge in [0.05, 0.1) is 0 Å². The summed E-state index contributed by atoms with van der Waals surface area (Å²) in [6.45, 7) is 0.302. The summed E-state index contributed by atoms with van der Waals surface area (Å²) in [4.78, 5) is 11.3. The maximum atomic E-state index is 13.1. The Morgan fingerprint density at radius 3 is 2.47 bits per heavy atom. The standard InChI is InChI=1S/C10H10ClF2NO/c11-5-2-6-14-10(15)9-7(12)3-1-4-8(9)13/h1,3-4H,2,5-6H2,(H,14,15). The van der Waals surface area contributed by atoms with Crippen molar-refractivity contribution in [2.75, 3.05) is 12.4 Å². The zero-order valence-corrected chi connectivity index (χ0v) is 8.65. The highest BCUT2D eigenvalue weighted by molar-refractivity contribution is 6.17. The Labute approximate surface area is 91.2 Å². The van der Waals surface area contributed by atoms with E-state index in [9.17, 15) is 13.6 Å². The Morgan fingerprint density at radius 1 is 1.33 bits per heavy atom. The molecular formula is C10H10ClF2NO. The van der Waals surface area contributed by atoms with Crippen molar-refractivity contribution in [1.82, 2.24) is 5.32 Å². The first kappa shape index (κ1) is 11.9. The lowest BCUT2D eigenvalue weighted by atomic mass is 10.2. The molecule has 0 aliphatic heterocycles. The molecule has 0 bridgehead atoms. The van der Waals surface area contributed by atoms with Crippen molar-refractivity contribution < 1.29 is 13.6 Å². The minimum atomic E-state index is -0.863. The van der Waals surface area contributed by atoms with E-state index in [-0.39, 0.29) is 0 Å². The maximum Gasteiger partial charge on any atom is 0.257 e. The molecule has 0 saturated heterocycles. The molecular weight excluding hydrogens is 224 g/mol. The van der Waals surface area contributed by atoms with Gasteiger partial charge >= 0.3 is 0 Å². The van der Waals surface area contributed by atoms with E-state index in [4.69, 9.17) is 11.6 Å². The number of nitrogens with one attached hydrogen (secondary N) is 1.